The Balaban J connectivity index is 1.72. The van der Waals surface area contributed by atoms with E-state index in [-0.39, 0.29) is 5.56 Å². The average molecular weight is 350 g/mol. The summed E-state index contributed by atoms with van der Waals surface area (Å²) in [5.41, 5.74) is 0.620. The maximum Gasteiger partial charge on any atom is 0.275 e. The smallest absolute Gasteiger partial charge is 0.275 e. The number of nitrogens with zero attached hydrogens (tertiary/aromatic N) is 4. The van der Waals surface area contributed by atoms with Crippen LogP contribution < -0.4 is 10.9 Å². The molecule has 1 fully saturated rings. The number of rotatable bonds is 5. The van der Waals surface area contributed by atoms with Crippen molar-refractivity contribution in [3.63, 3.8) is 0 Å². The van der Waals surface area contributed by atoms with Gasteiger partial charge in [0.2, 0.25) is 10.1 Å². The minimum absolute atomic E-state index is 0.116. The molecule has 0 amide bonds. The predicted molar refractivity (Wildman–Crippen MR) is 99.0 cm³/mol. The summed E-state index contributed by atoms with van der Waals surface area (Å²) in [4.78, 5) is 19.6. The van der Waals surface area contributed by atoms with Crippen LogP contribution in [0.3, 0.4) is 0 Å². The third-order valence-corrected chi connectivity index (χ3v) is 5.58. The summed E-state index contributed by atoms with van der Waals surface area (Å²) in [6, 6.07) is 2.01. The van der Waals surface area contributed by atoms with Crippen LogP contribution in [0.2, 0.25) is 0 Å². The molecule has 0 radical (unpaired) electrons. The molecule has 132 valence electrons. The molecular formula is C17H27N5OS. The van der Waals surface area contributed by atoms with E-state index >= 15 is 0 Å². The first-order valence-corrected chi connectivity index (χ1v) is 9.71. The third kappa shape index (κ3) is 3.95. The molecule has 24 heavy (non-hydrogen) atoms. The third-order valence-electron chi connectivity index (χ3n) is 4.71. The van der Waals surface area contributed by atoms with Crippen molar-refractivity contribution < 1.29 is 0 Å². The van der Waals surface area contributed by atoms with Crippen LogP contribution in [0.25, 0.3) is 4.96 Å². The molecule has 0 saturated carbocycles. The number of fused-ring (bicyclic) bond motifs is 1. The summed E-state index contributed by atoms with van der Waals surface area (Å²) in [7, 11) is 0. The van der Waals surface area contributed by atoms with E-state index in [1.165, 1.54) is 60.7 Å². The lowest BCUT2D eigenvalue weighted by Crippen LogP contribution is -2.44. The highest BCUT2D eigenvalue weighted by molar-refractivity contribution is 7.20. The maximum absolute atomic E-state index is 12.0. The Labute approximate surface area is 146 Å². The van der Waals surface area contributed by atoms with E-state index in [2.05, 4.69) is 34.1 Å². The van der Waals surface area contributed by atoms with Gasteiger partial charge in [-0.15, -0.1) is 5.10 Å². The van der Waals surface area contributed by atoms with Gasteiger partial charge in [0.25, 0.3) is 5.56 Å². The standard InChI is InChI=1S/C17H27N5OS/c1-12(2)14(21-8-6-4-5-7-9-21)11-18-16-20-22-15(23)10-13(3)19-17(22)24-16/h10,12,14H,4-9,11H2,1-3H3,(H,18,20)/t14-/m1/s1. The van der Waals surface area contributed by atoms with Crippen molar-refractivity contribution in [3.8, 4) is 0 Å². The van der Waals surface area contributed by atoms with E-state index in [1.807, 2.05) is 6.92 Å². The van der Waals surface area contributed by atoms with Crippen molar-refractivity contribution in [1.82, 2.24) is 19.5 Å². The van der Waals surface area contributed by atoms with Crippen molar-refractivity contribution in [3.05, 3.63) is 22.1 Å². The quantitative estimate of drug-likeness (QED) is 0.899. The monoisotopic (exact) mass is 349 g/mol. The van der Waals surface area contributed by atoms with Crippen LogP contribution in [0.5, 0.6) is 0 Å². The zero-order chi connectivity index (χ0) is 17.1. The second-order valence-electron chi connectivity index (χ2n) is 6.98. The van der Waals surface area contributed by atoms with E-state index in [1.54, 1.807) is 0 Å². The van der Waals surface area contributed by atoms with Gasteiger partial charge in [0, 0.05) is 24.3 Å². The van der Waals surface area contributed by atoms with Gasteiger partial charge in [-0.25, -0.2) is 4.98 Å². The van der Waals surface area contributed by atoms with E-state index in [0.717, 1.165) is 17.4 Å². The Morgan fingerprint density at radius 1 is 1.25 bits per heavy atom. The number of likely N-dealkylation sites (tertiary alicyclic amines) is 1. The van der Waals surface area contributed by atoms with Crippen LogP contribution in [0, 0.1) is 12.8 Å². The molecule has 3 rings (SSSR count). The van der Waals surface area contributed by atoms with Crippen LogP contribution in [-0.4, -0.2) is 45.2 Å². The lowest BCUT2D eigenvalue weighted by Gasteiger charge is -2.33. The summed E-state index contributed by atoms with van der Waals surface area (Å²) in [5, 5.41) is 8.59. The first-order valence-electron chi connectivity index (χ1n) is 8.90. The number of aryl methyl sites for hydroxylation is 1. The van der Waals surface area contributed by atoms with E-state index in [4.69, 9.17) is 0 Å². The molecule has 2 aromatic heterocycles. The molecule has 1 aliphatic heterocycles. The molecule has 0 spiro atoms. The lowest BCUT2D eigenvalue weighted by atomic mass is 10.0. The lowest BCUT2D eigenvalue weighted by molar-refractivity contribution is 0.169. The fraction of sp³-hybridized carbons (Fsp3) is 0.706. The van der Waals surface area contributed by atoms with Crippen LogP contribution in [0.4, 0.5) is 5.13 Å². The van der Waals surface area contributed by atoms with Gasteiger partial charge in [0.15, 0.2) is 0 Å². The highest BCUT2D eigenvalue weighted by atomic mass is 32.1. The van der Waals surface area contributed by atoms with Crippen molar-refractivity contribution >= 4 is 21.4 Å². The summed E-state index contributed by atoms with van der Waals surface area (Å²) in [6.07, 6.45) is 5.28. The summed E-state index contributed by atoms with van der Waals surface area (Å²) >= 11 is 1.44. The molecule has 0 aliphatic carbocycles. The number of hydrogen-bond donors (Lipinski definition) is 1. The minimum Gasteiger partial charge on any atom is -0.358 e. The molecule has 0 bridgehead atoms. The van der Waals surface area contributed by atoms with Crippen molar-refractivity contribution in [2.45, 2.75) is 52.5 Å². The van der Waals surface area contributed by atoms with Gasteiger partial charge in [-0.3, -0.25) is 9.69 Å². The number of anilines is 1. The molecule has 6 nitrogen and oxygen atoms in total. The molecule has 0 aromatic carbocycles. The molecule has 7 heteroatoms. The van der Waals surface area contributed by atoms with E-state index in [0.29, 0.717) is 16.9 Å². The molecule has 1 atom stereocenters. The topological polar surface area (TPSA) is 62.5 Å². The zero-order valence-electron chi connectivity index (χ0n) is 14.8. The Morgan fingerprint density at radius 2 is 1.96 bits per heavy atom. The largest absolute Gasteiger partial charge is 0.358 e. The Hall–Kier alpha value is -1.47. The minimum atomic E-state index is -0.116. The number of hydrogen-bond acceptors (Lipinski definition) is 6. The van der Waals surface area contributed by atoms with Crippen LogP contribution >= 0.6 is 11.3 Å². The number of nitrogens with one attached hydrogen (secondary N) is 1. The van der Waals surface area contributed by atoms with Gasteiger partial charge in [-0.05, 0) is 38.8 Å². The van der Waals surface area contributed by atoms with E-state index in [9.17, 15) is 4.79 Å². The summed E-state index contributed by atoms with van der Waals surface area (Å²) < 4.78 is 1.39. The predicted octanol–water partition coefficient (Wildman–Crippen LogP) is 2.77. The molecule has 2 aromatic rings. The fourth-order valence-electron chi connectivity index (χ4n) is 3.40. The number of aromatic nitrogens is 3. The first-order chi connectivity index (χ1) is 11.5. The Morgan fingerprint density at radius 3 is 2.62 bits per heavy atom. The molecule has 1 aliphatic rings. The molecular weight excluding hydrogens is 322 g/mol. The molecule has 3 heterocycles. The second kappa shape index (κ2) is 7.61. The van der Waals surface area contributed by atoms with E-state index < -0.39 is 0 Å². The summed E-state index contributed by atoms with van der Waals surface area (Å²) in [5.74, 6) is 0.577. The average Bonchev–Trinajstić information content (AvgIpc) is 2.75. The SMILES string of the molecule is Cc1cc(=O)n2nc(NC[C@H](C(C)C)N3CCCCCC3)sc2n1. The van der Waals surface area contributed by atoms with Crippen LogP contribution in [0.1, 0.15) is 45.2 Å². The summed E-state index contributed by atoms with van der Waals surface area (Å²) in [6.45, 7) is 9.62. The van der Waals surface area contributed by atoms with Gasteiger partial charge in [-0.1, -0.05) is 38.0 Å². The molecule has 0 unspecified atom stereocenters. The van der Waals surface area contributed by atoms with Crippen molar-refractivity contribution in [1.29, 1.82) is 0 Å². The molecule has 1 saturated heterocycles. The van der Waals surface area contributed by atoms with Crippen molar-refractivity contribution in [2.24, 2.45) is 5.92 Å². The van der Waals surface area contributed by atoms with Gasteiger partial charge in [0.05, 0.1) is 0 Å². The normalized spacial score (nSPS) is 18.0. The highest BCUT2D eigenvalue weighted by Crippen LogP contribution is 2.20. The van der Waals surface area contributed by atoms with Gasteiger partial charge in [-0.2, -0.15) is 4.52 Å². The van der Waals surface area contributed by atoms with Gasteiger partial charge in [0.1, 0.15) is 0 Å². The second-order valence-corrected chi connectivity index (χ2v) is 7.94. The van der Waals surface area contributed by atoms with Gasteiger partial charge >= 0.3 is 0 Å². The zero-order valence-corrected chi connectivity index (χ0v) is 15.6. The fourth-order valence-corrected chi connectivity index (χ4v) is 4.25. The first kappa shape index (κ1) is 17.4. The van der Waals surface area contributed by atoms with Crippen LogP contribution in [0.15, 0.2) is 10.9 Å². The Kier molecular flexibility index (Phi) is 5.50. The van der Waals surface area contributed by atoms with Crippen molar-refractivity contribution in [2.75, 3.05) is 25.0 Å². The van der Waals surface area contributed by atoms with Crippen LogP contribution in [-0.2, 0) is 0 Å². The molecule has 1 N–H and O–H groups in total. The maximum atomic E-state index is 12.0. The Bertz CT molecular complexity index is 730. The highest BCUT2D eigenvalue weighted by Gasteiger charge is 2.23. The van der Waals surface area contributed by atoms with Gasteiger partial charge < -0.3 is 5.32 Å².